The molecule has 7 heteroatoms. The van der Waals surface area contributed by atoms with E-state index in [0.717, 1.165) is 24.3 Å². The molecular weight excluding hydrogens is 478 g/mol. The van der Waals surface area contributed by atoms with Crippen LogP contribution in [0.1, 0.15) is 43.1 Å². The number of nitrogens with one attached hydrogen (secondary N) is 2. The van der Waals surface area contributed by atoms with Gasteiger partial charge in [0.25, 0.3) is 0 Å². The Bertz CT molecular complexity index is 1060. The quantitative estimate of drug-likeness (QED) is 0.254. The van der Waals surface area contributed by atoms with Crippen molar-refractivity contribution >= 4 is 5.91 Å². The monoisotopic (exact) mass is 521 g/mol. The zero-order chi connectivity index (χ0) is 27.8. The van der Waals surface area contributed by atoms with Gasteiger partial charge in [-0.3, -0.25) is 4.79 Å². The third-order valence-electron chi connectivity index (χ3n) is 5.70. The Morgan fingerprint density at radius 3 is 2.24 bits per heavy atom. The third-order valence-corrected chi connectivity index (χ3v) is 5.70. The molecule has 0 spiro atoms. The Kier molecular flexibility index (Phi) is 13.9. The third kappa shape index (κ3) is 12.2. The first-order valence-corrected chi connectivity index (χ1v) is 13.1. The summed E-state index contributed by atoms with van der Waals surface area (Å²) >= 11 is 0. The molecule has 0 aliphatic carbocycles. The molecule has 0 saturated carbocycles. The van der Waals surface area contributed by atoms with Crippen molar-refractivity contribution in [2.75, 3.05) is 26.7 Å². The molecule has 3 aromatic carbocycles. The van der Waals surface area contributed by atoms with E-state index in [1.54, 1.807) is 24.3 Å². The molecular formula is C31H43N3O4. The minimum Gasteiger partial charge on any atom is -0.491 e. The molecule has 1 unspecified atom stereocenters. The van der Waals surface area contributed by atoms with Gasteiger partial charge < -0.3 is 30.9 Å². The number of carbonyl (C=O) groups is 1. The Balaban J connectivity index is 0.000000267. The largest absolute Gasteiger partial charge is 0.491 e. The standard InChI is InChI=1S/C17H21NO.C14H22N2O3/c1-14-8-6-7-11-16(14)19-17(12-13-18-2)15-9-4-3-5-10-15;1-10(2)16-8-12(17)9-19-13-5-3-11(4-6-13)7-14(15)18/h3-11,17-18H,12-13H2,1-2H3;3-6,10,12,16-17H,7-9H2,1-2H3,(H2,15,18)/t17-;/m1./s1. The first kappa shape index (κ1) is 30.8. The van der Waals surface area contributed by atoms with Gasteiger partial charge >= 0.3 is 0 Å². The van der Waals surface area contributed by atoms with Gasteiger partial charge in [-0.05, 0) is 55.4 Å². The molecule has 0 bridgehead atoms. The van der Waals surface area contributed by atoms with E-state index in [1.165, 1.54) is 11.1 Å². The summed E-state index contributed by atoms with van der Waals surface area (Å²) in [7, 11) is 1.97. The van der Waals surface area contributed by atoms with E-state index >= 15 is 0 Å². The Labute approximate surface area is 227 Å². The van der Waals surface area contributed by atoms with Gasteiger partial charge in [-0.1, -0.05) is 74.5 Å². The lowest BCUT2D eigenvalue weighted by Gasteiger charge is -2.20. The van der Waals surface area contributed by atoms with Crippen LogP contribution in [0.5, 0.6) is 11.5 Å². The van der Waals surface area contributed by atoms with E-state index in [0.29, 0.717) is 18.3 Å². The number of ether oxygens (including phenoxy) is 2. The van der Waals surface area contributed by atoms with Crippen LogP contribution < -0.4 is 25.8 Å². The van der Waals surface area contributed by atoms with Crippen molar-refractivity contribution in [3.05, 3.63) is 95.6 Å². The maximum absolute atomic E-state index is 10.7. The highest BCUT2D eigenvalue weighted by atomic mass is 16.5. The Morgan fingerprint density at radius 1 is 0.974 bits per heavy atom. The molecule has 2 atom stereocenters. The van der Waals surface area contributed by atoms with Crippen LogP contribution in [-0.2, 0) is 11.2 Å². The van der Waals surface area contributed by atoms with Gasteiger partial charge in [-0.2, -0.15) is 0 Å². The number of hydrogen-bond acceptors (Lipinski definition) is 6. The van der Waals surface area contributed by atoms with E-state index < -0.39 is 6.10 Å². The number of aryl methyl sites for hydroxylation is 1. The molecule has 3 rings (SSSR count). The highest BCUT2D eigenvalue weighted by molar-refractivity contribution is 5.76. The lowest BCUT2D eigenvalue weighted by Crippen LogP contribution is -2.35. The summed E-state index contributed by atoms with van der Waals surface area (Å²) in [6, 6.07) is 26.0. The summed E-state index contributed by atoms with van der Waals surface area (Å²) < 4.78 is 11.6. The number of aliphatic hydroxyl groups is 1. The second-order valence-corrected chi connectivity index (χ2v) is 9.49. The molecule has 5 N–H and O–H groups in total. The zero-order valence-electron chi connectivity index (χ0n) is 23.0. The molecule has 0 fully saturated rings. The summed E-state index contributed by atoms with van der Waals surface area (Å²) in [5.74, 6) is 1.27. The number of primary amides is 1. The second-order valence-electron chi connectivity index (χ2n) is 9.49. The smallest absolute Gasteiger partial charge is 0.221 e. The van der Waals surface area contributed by atoms with Crippen molar-refractivity contribution in [3.63, 3.8) is 0 Å². The van der Waals surface area contributed by atoms with Crippen LogP contribution >= 0.6 is 0 Å². The number of benzene rings is 3. The number of carbonyl (C=O) groups excluding carboxylic acids is 1. The number of nitrogens with two attached hydrogens (primary N) is 1. The second kappa shape index (κ2) is 17.2. The molecule has 0 heterocycles. The maximum Gasteiger partial charge on any atom is 0.221 e. The van der Waals surface area contributed by atoms with E-state index in [-0.39, 0.29) is 25.0 Å². The summed E-state index contributed by atoms with van der Waals surface area (Å²) in [5.41, 5.74) is 8.35. The van der Waals surface area contributed by atoms with Gasteiger partial charge in [0.1, 0.15) is 30.3 Å². The number of para-hydroxylation sites is 1. The predicted molar refractivity (Wildman–Crippen MR) is 154 cm³/mol. The van der Waals surface area contributed by atoms with Gasteiger partial charge in [0.2, 0.25) is 5.91 Å². The predicted octanol–water partition coefficient (Wildman–Crippen LogP) is 4.18. The average molecular weight is 522 g/mol. The SMILES string of the molecule is CC(C)NCC(O)COc1ccc(CC(N)=O)cc1.CNCC[C@@H](Oc1ccccc1C)c1ccccc1. The van der Waals surface area contributed by atoms with Crippen molar-refractivity contribution in [2.24, 2.45) is 5.73 Å². The topological polar surface area (TPSA) is 106 Å². The van der Waals surface area contributed by atoms with Crippen molar-refractivity contribution in [1.82, 2.24) is 10.6 Å². The van der Waals surface area contributed by atoms with Crippen molar-refractivity contribution in [1.29, 1.82) is 0 Å². The molecule has 0 aliphatic heterocycles. The molecule has 1 amide bonds. The van der Waals surface area contributed by atoms with Crippen LogP contribution in [0.3, 0.4) is 0 Å². The average Bonchev–Trinajstić information content (AvgIpc) is 2.91. The summed E-state index contributed by atoms with van der Waals surface area (Å²) in [5, 5.41) is 16.0. The molecule has 0 saturated heterocycles. The lowest BCUT2D eigenvalue weighted by atomic mass is 10.1. The van der Waals surface area contributed by atoms with Crippen molar-refractivity contribution in [3.8, 4) is 11.5 Å². The van der Waals surface area contributed by atoms with Crippen molar-refractivity contribution < 1.29 is 19.4 Å². The highest BCUT2D eigenvalue weighted by Gasteiger charge is 2.13. The van der Waals surface area contributed by atoms with Crippen LogP contribution in [-0.4, -0.2) is 49.9 Å². The first-order chi connectivity index (χ1) is 18.3. The molecule has 0 radical (unpaired) electrons. The van der Waals surface area contributed by atoms with E-state index in [9.17, 15) is 9.90 Å². The summed E-state index contributed by atoms with van der Waals surface area (Å²) in [6.45, 7) is 7.78. The van der Waals surface area contributed by atoms with E-state index in [2.05, 4.69) is 47.9 Å². The Hall–Kier alpha value is -3.39. The maximum atomic E-state index is 10.7. The highest BCUT2D eigenvalue weighted by Crippen LogP contribution is 2.26. The van der Waals surface area contributed by atoms with E-state index in [1.807, 2.05) is 45.2 Å². The van der Waals surface area contributed by atoms with Gasteiger partial charge in [0, 0.05) is 19.0 Å². The Morgan fingerprint density at radius 2 is 1.63 bits per heavy atom. The summed E-state index contributed by atoms with van der Waals surface area (Å²) in [6.07, 6.45) is 0.721. The lowest BCUT2D eigenvalue weighted by molar-refractivity contribution is -0.117. The van der Waals surface area contributed by atoms with Gasteiger partial charge in [0.05, 0.1) is 6.42 Å². The first-order valence-electron chi connectivity index (χ1n) is 13.1. The van der Waals surface area contributed by atoms with Crippen LogP contribution in [0.2, 0.25) is 0 Å². The number of hydrogen-bond donors (Lipinski definition) is 4. The molecule has 38 heavy (non-hydrogen) atoms. The van der Waals surface area contributed by atoms with Gasteiger partial charge in [-0.25, -0.2) is 0 Å². The molecule has 3 aromatic rings. The zero-order valence-corrected chi connectivity index (χ0v) is 23.0. The number of rotatable bonds is 14. The fourth-order valence-corrected chi connectivity index (χ4v) is 3.61. The van der Waals surface area contributed by atoms with E-state index in [4.69, 9.17) is 15.2 Å². The van der Waals surface area contributed by atoms with Crippen LogP contribution in [0.4, 0.5) is 0 Å². The van der Waals surface area contributed by atoms with Crippen LogP contribution in [0, 0.1) is 6.92 Å². The minimum atomic E-state index is -0.548. The van der Waals surface area contributed by atoms with Gasteiger partial charge in [0.15, 0.2) is 0 Å². The van der Waals surface area contributed by atoms with Crippen LogP contribution in [0.25, 0.3) is 0 Å². The molecule has 0 aromatic heterocycles. The fraction of sp³-hybridized carbons (Fsp3) is 0.387. The molecule has 0 aliphatic rings. The summed E-state index contributed by atoms with van der Waals surface area (Å²) in [4.78, 5) is 10.7. The number of aliphatic hydroxyl groups excluding tert-OH is 1. The molecule has 206 valence electrons. The molecule has 7 nitrogen and oxygen atoms in total. The minimum absolute atomic E-state index is 0.0924. The van der Waals surface area contributed by atoms with Crippen LogP contribution in [0.15, 0.2) is 78.9 Å². The number of amides is 1. The fourth-order valence-electron chi connectivity index (χ4n) is 3.61. The van der Waals surface area contributed by atoms with Gasteiger partial charge in [-0.15, -0.1) is 0 Å². The van der Waals surface area contributed by atoms with Crippen molar-refractivity contribution in [2.45, 2.75) is 51.9 Å². The normalized spacial score (nSPS) is 12.3.